The highest BCUT2D eigenvalue weighted by atomic mass is 19.3. The lowest BCUT2D eigenvalue weighted by atomic mass is 10.3. The molecule has 0 unspecified atom stereocenters. The molecule has 0 fully saturated rings. The average Bonchev–Trinajstić information content (AvgIpc) is 1.82. The molecular weight excluding hydrogens is 128 g/mol. The van der Waals surface area contributed by atoms with Crippen molar-refractivity contribution in [3.63, 3.8) is 0 Å². The highest BCUT2D eigenvalue weighted by Crippen LogP contribution is 1.97. The molecule has 0 aromatic heterocycles. The Bertz CT molecular complexity index is 70.0. The summed E-state index contributed by atoms with van der Waals surface area (Å²) in [6, 6.07) is -1.13. The second-order valence-corrected chi connectivity index (χ2v) is 1.66. The third kappa shape index (κ3) is 4.29. The van der Waals surface area contributed by atoms with Gasteiger partial charge in [0.05, 0.1) is 12.6 Å². The maximum Gasteiger partial charge on any atom is 0.255 e. The molecule has 1 atom stereocenters. The van der Waals surface area contributed by atoms with Gasteiger partial charge in [0, 0.05) is 6.61 Å². The zero-order valence-electron chi connectivity index (χ0n) is 5.31. The van der Waals surface area contributed by atoms with Crippen LogP contribution in [0.3, 0.4) is 0 Å². The SMILES string of the molecule is CCOC[C@H](N)C(F)F. The van der Waals surface area contributed by atoms with E-state index >= 15 is 0 Å². The van der Waals surface area contributed by atoms with Crippen molar-refractivity contribution >= 4 is 0 Å². The van der Waals surface area contributed by atoms with Crippen molar-refractivity contribution < 1.29 is 13.5 Å². The maximum absolute atomic E-state index is 11.5. The Morgan fingerprint density at radius 1 is 1.56 bits per heavy atom. The number of ether oxygens (including phenoxy) is 1. The molecule has 0 radical (unpaired) electrons. The van der Waals surface area contributed by atoms with E-state index in [-0.39, 0.29) is 6.61 Å². The number of halogens is 2. The van der Waals surface area contributed by atoms with Gasteiger partial charge in [-0.1, -0.05) is 0 Å². The topological polar surface area (TPSA) is 35.2 Å². The van der Waals surface area contributed by atoms with Crippen molar-refractivity contribution in [3.8, 4) is 0 Å². The third-order valence-electron chi connectivity index (χ3n) is 0.838. The zero-order valence-corrected chi connectivity index (χ0v) is 5.31. The van der Waals surface area contributed by atoms with Crippen molar-refractivity contribution in [2.45, 2.75) is 19.4 Å². The molecule has 0 heterocycles. The summed E-state index contributed by atoms with van der Waals surface area (Å²) in [6.07, 6.45) is -2.48. The van der Waals surface area contributed by atoms with Gasteiger partial charge in [0.1, 0.15) is 0 Å². The van der Waals surface area contributed by atoms with Gasteiger partial charge in [0.25, 0.3) is 6.43 Å². The van der Waals surface area contributed by atoms with Gasteiger partial charge < -0.3 is 10.5 Å². The summed E-state index contributed by atoms with van der Waals surface area (Å²) in [5.74, 6) is 0. The fraction of sp³-hybridized carbons (Fsp3) is 1.00. The molecule has 2 N–H and O–H groups in total. The minimum absolute atomic E-state index is 0.0613. The molecular formula is C5H11F2NO. The highest BCUT2D eigenvalue weighted by Gasteiger charge is 2.13. The van der Waals surface area contributed by atoms with E-state index in [1.807, 2.05) is 0 Å². The first-order chi connectivity index (χ1) is 4.18. The number of alkyl halides is 2. The zero-order chi connectivity index (χ0) is 7.28. The normalized spacial score (nSPS) is 14.3. The van der Waals surface area contributed by atoms with Crippen LogP contribution < -0.4 is 5.73 Å². The van der Waals surface area contributed by atoms with E-state index in [2.05, 4.69) is 4.74 Å². The molecule has 0 aliphatic carbocycles. The van der Waals surface area contributed by atoms with Gasteiger partial charge in [-0.3, -0.25) is 0 Å². The van der Waals surface area contributed by atoms with E-state index in [4.69, 9.17) is 5.73 Å². The standard InChI is InChI=1S/C5H11F2NO/c1-2-9-3-4(8)5(6)7/h4-5H,2-3,8H2,1H3/t4-/m0/s1. The van der Waals surface area contributed by atoms with Crippen LogP contribution in [-0.4, -0.2) is 25.7 Å². The number of nitrogens with two attached hydrogens (primary N) is 1. The summed E-state index contributed by atoms with van der Waals surface area (Å²) in [6.45, 7) is 2.10. The molecule has 0 aromatic carbocycles. The van der Waals surface area contributed by atoms with Crippen LogP contribution in [0.5, 0.6) is 0 Å². The van der Waals surface area contributed by atoms with Gasteiger partial charge >= 0.3 is 0 Å². The second kappa shape index (κ2) is 4.64. The van der Waals surface area contributed by atoms with Gasteiger partial charge in [0.2, 0.25) is 0 Å². The molecule has 2 nitrogen and oxygen atoms in total. The Morgan fingerprint density at radius 3 is 2.44 bits per heavy atom. The summed E-state index contributed by atoms with van der Waals surface area (Å²) in [5, 5.41) is 0. The van der Waals surface area contributed by atoms with Crippen LogP contribution in [0.2, 0.25) is 0 Å². The number of hydrogen-bond donors (Lipinski definition) is 1. The summed E-state index contributed by atoms with van der Waals surface area (Å²) in [4.78, 5) is 0. The van der Waals surface area contributed by atoms with Crippen LogP contribution >= 0.6 is 0 Å². The fourth-order valence-electron chi connectivity index (χ4n) is 0.327. The lowest BCUT2D eigenvalue weighted by Gasteiger charge is -2.08. The van der Waals surface area contributed by atoms with Crippen LogP contribution in [0.1, 0.15) is 6.92 Å². The Balaban J connectivity index is 3.16. The smallest absolute Gasteiger partial charge is 0.255 e. The lowest BCUT2D eigenvalue weighted by molar-refractivity contribution is 0.0509. The summed E-state index contributed by atoms with van der Waals surface area (Å²) in [7, 11) is 0. The molecule has 4 heteroatoms. The van der Waals surface area contributed by atoms with Gasteiger partial charge in [-0.15, -0.1) is 0 Å². The van der Waals surface area contributed by atoms with Crippen molar-refractivity contribution in [1.29, 1.82) is 0 Å². The van der Waals surface area contributed by atoms with E-state index < -0.39 is 12.5 Å². The fourth-order valence-corrected chi connectivity index (χ4v) is 0.327. The highest BCUT2D eigenvalue weighted by molar-refractivity contribution is 4.60. The molecule has 0 saturated carbocycles. The quantitative estimate of drug-likeness (QED) is 0.619. The largest absolute Gasteiger partial charge is 0.380 e. The molecule has 56 valence electrons. The Hall–Kier alpha value is -0.220. The van der Waals surface area contributed by atoms with E-state index in [0.717, 1.165) is 0 Å². The first kappa shape index (κ1) is 8.78. The molecule has 0 bridgehead atoms. The molecule has 9 heavy (non-hydrogen) atoms. The predicted molar refractivity (Wildman–Crippen MR) is 30.5 cm³/mol. The summed E-state index contributed by atoms with van der Waals surface area (Å²) in [5.41, 5.74) is 4.93. The average molecular weight is 139 g/mol. The van der Waals surface area contributed by atoms with Gasteiger partial charge in [0.15, 0.2) is 0 Å². The molecule has 0 saturated heterocycles. The number of hydrogen-bond acceptors (Lipinski definition) is 2. The summed E-state index contributed by atoms with van der Waals surface area (Å²) >= 11 is 0. The third-order valence-corrected chi connectivity index (χ3v) is 0.838. The molecule has 0 aromatic rings. The van der Waals surface area contributed by atoms with Crippen LogP contribution in [0.25, 0.3) is 0 Å². The number of rotatable bonds is 4. The van der Waals surface area contributed by atoms with Gasteiger partial charge in [-0.2, -0.15) is 0 Å². The Kier molecular flexibility index (Phi) is 4.53. The monoisotopic (exact) mass is 139 g/mol. The van der Waals surface area contributed by atoms with E-state index in [0.29, 0.717) is 6.61 Å². The van der Waals surface area contributed by atoms with E-state index in [1.54, 1.807) is 6.92 Å². The Labute approximate surface area is 53.0 Å². The maximum atomic E-state index is 11.5. The van der Waals surface area contributed by atoms with Gasteiger partial charge in [-0.05, 0) is 6.92 Å². The van der Waals surface area contributed by atoms with Crippen molar-refractivity contribution in [2.75, 3.05) is 13.2 Å². The first-order valence-corrected chi connectivity index (χ1v) is 2.80. The van der Waals surface area contributed by atoms with Crippen LogP contribution in [0.15, 0.2) is 0 Å². The summed E-state index contributed by atoms with van der Waals surface area (Å²) < 4.78 is 27.7. The second-order valence-electron chi connectivity index (χ2n) is 1.66. The molecule has 0 aliphatic rings. The molecule has 0 spiro atoms. The van der Waals surface area contributed by atoms with Crippen LogP contribution in [-0.2, 0) is 4.74 Å². The minimum atomic E-state index is -2.48. The van der Waals surface area contributed by atoms with Crippen LogP contribution in [0.4, 0.5) is 8.78 Å². The van der Waals surface area contributed by atoms with Crippen molar-refractivity contribution in [2.24, 2.45) is 5.73 Å². The Morgan fingerprint density at radius 2 is 2.11 bits per heavy atom. The molecule has 0 amide bonds. The first-order valence-electron chi connectivity index (χ1n) is 2.80. The van der Waals surface area contributed by atoms with Crippen molar-refractivity contribution in [3.05, 3.63) is 0 Å². The minimum Gasteiger partial charge on any atom is -0.380 e. The lowest BCUT2D eigenvalue weighted by Crippen LogP contribution is -2.33. The predicted octanol–water partition coefficient (Wildman–Crippen LogP) is 0.615. The molecule has 0 rings (SSSR count). The van der Waals surface area contributed by atoms with E-state index in [9.17, 15) is 8.78 Å². The van der Waals surface area contributed by atoms with Crippen molar-refractivity contribution in [1.82, 2.24) is 0 Å². The molecule has 0 aliphatic heterocycles. The van der Waals surface area contributed by atoms with Crippen LogP contribution in [0, 0.1) is 0 Å². The van der Waals surface area contributed by atoms with E-state index in [1.165, 1.54) is 0 Å². The van der Waals surface area contributed by atoms with Gasteiger partial charge in [-0.25, -0.2) is 8.78 Å².